The van der Waals surface area contributed by atoms with Crippen LogP contribution in [0.3, 0.4) is 0 Å². The van der Waals surface area contributed by atoms with Crippen molar-refractivity contribution in [3.8, 4) is 0 Å². The summed E-state index contributed by atoms with van der Waals surface area (Å²) >= 11 is 0. The Morgan fingerprint density at radius 3 is 2.80 bits per heavy atom. The molecule has 0 spiro atoms. The van der Waals surface area contributed by atoms with E-state index in [2.05, 4.69) is 10.6 Å². The fourth-order valence-corrected chi connectivity index (χ4v) is 1.92. The van der Waals surface area contributed by atoms with Crippen LogP contribution in [0, 0.1) is 12.7 Å². The summed E-state index contributed by atoms with van der Waals surface area (Å²) in [5.74, 6) is -0.233. The first-order valence-electron chi connectivity index (χ1n) is 6.88. The topological polar surface area (TPSA) is 44.4 Å². The lowest BCUT2D eigenvalue weighted by Gasteiger charge is -2.16. The first kappa shape index (κ1) is 16.6. The summed E-state index contributed by atoms with van der Waals surface area (Å²) < 4.78 is 13.1. The summed E-state index contributed by atoms with van der Waals surface area (Å²) in [7, 11) is 3.84. The van der Waals surface area contributed by atoms with Crippen LogP contribution in [-0.4, -0.2) is 44.5 Å². The molecule has 0 aromatic heterocycles. The van der Waals surface area contributed by atoms with Crippen molar-refractivity contribution in [1.82, 2.24) is 15.5 Å². The van der Waals surface area contributed by atoms with E-state index in [0.29, 0.717) is 18.7 Å². The molecule has 0 unspecified atom stereocenters. The zero-order valence-corrected chi connectivity index (χ0v) is 12.5. The second-order valence-corrected chi connectivity index (χ2v) is 5.06. The highest BCUT2D eigenvalue weighted by Crippen LogP contribution is 2.08. The SMILES string of the molecule is CNCCCN(C)CC(=O)NCc1ccc(F)c(C)c1. The minimum atomic E-state index is -0.218. The van der Waals surface area contributed by atoms with Crippen LogP contribution in [0.1, 0.15) is 17.5 Å². The van der Waals surface area contributed by atoms with Gasteiger partial charge in [0.05, 0.1) is 6.54 Å². The highest BCUT2D eigenvalue weighted by Gasteiger charge is 2.06. The van der Waals surface area contributed by atoms with Crippen molar-refractivity contribution in [3.63, 3.8) is 0 Å². The van der Waals surface area contributed by atoms with Gasteiger partial charge in [-0.3, -0.25) is 9.69 Å². The Bertz CT molecular complexity index is 437. The number of halogens is 1. The van der Waals surface area contributed by atoms with Gasteiger partial charge in [0.2, 0.25) is 5.91 Å². The quantitative estimate of drug-likeness (QED) is 0.706. The predicted molar refractivity (Wildman–Crippen MR) is 79.0 cm³/mol. The summed E-state index contributed by atoms with van der Waals surface area (Å²) in [5, 5.41) is 5.92. The molecule has 1 aromatic carbocycles. The molecular weight excluding hydrogens is 257 g/mol. The average Bonchev–Trinajstić information content (AvgIpc) is 2.40. The maximum Gasteiger partial charge on any atom is 0.234 e. The zero-order valence-electron chi connectivity index (χ0n) is 12.5. The molecule has 1 rings (SSSR count). The Morgan fingerprint density at radius 1 is 1.40 bits per heavy atom. The normalized spacial score (nSPS) is 10.8. The fourth-order valence-electron chi connectivity index (χ4n) is 1.92. The number of aryl methyl sites for hydroxylation is 1. The van der Waals surface area contributed by atoms with Crippen molar-refractivity contribution < 1.29 is 9.18 Å². The molecule has 1 aromatic rings. The molecule has 0 fully saturated rings. The third kappa shape index (κ3) is 6.12. The van der Waals surface area contributed by atoms with Gasteiger partial charge in [0.25, 0.3) is 0 Å². The average molecular weight is 281 g/mol. The number of benzene rings is 1. The van der Waals surface area contributed by atoms with Gasteiger partial charge in [0.15, 0.2) is 0 Å². The fraction of sp³-hybridized carbons (Fsp3) is 0.533. The van der Waals surface area contributed by atoms with Crippen LogP contribution >= 0.6 is 0 Å². The molecule has 1 amide bonds. The van der Waals surface area contributed by atoms with Gasteiger partial charge < -0.3 is 10.6 Å². The van der Waals surface area contributed by atoms with Crippen LogP contribution in [-0.2, 0) is 11.3 Å². The molecule has 0 aliphatic rings. The van der Waals surface area contributed by atoms with E-state index in [1.54, 1.807) is 19.1 Å². The Hall–Kier alpha value is -1.46. The molecule has 0 atom stereocenters. The summed E-state index contributed by atoms with van der Waals surface area (Å²) in [4.78, 5) is 13.8. The molecule has 0 heterocycles. The highest BCUT2D eigenvalue weighted by atomic mass is 19.1. The maximum atomic E-state index is 13.1. The third-order valence-corrected chi connectivity index (χ3v) is 3.09. The number of hydrogen-bond acceptors (Lipinski definition) is 3. The number of nitrogens with zero attached hydrogens (tertiary/aromatic N) is 1. The Kier molecular flexibility index (Phi) is 7.18. The minimum absolute atomic E-state index is 0.0149. The van der Waals surface area contributed by atoms with E-state index < -0.39 is 0 Å². The molecule has 0 aliphatic carbocycles. The molecule has 5 heteroatoms. The van der Waals surface area contributed by atoms with Gasteiger partial charge in [-0.25, -0.2) is 4.39 Å². The number of nitrogens with one attached hydrogen (secondary N) is 2. The van der Waals surface area contributed by atoms with Crippen molar-refractivity contribution in [2.45, 2.75) is 19.9 Å². The molecule has 2 N–H and O–H groups in total. The lowest BCUT2D eigenvalue weighted by atomic mass is 10.1. The summed E-state index contributed by atoms with van der Waals surface area (Å²) in [6.45, 7) is 4.36. The Balaban J connectivity index is 2.30. The molecular formula is C15H24FN3O. The first-order chi connectivity index (χ1) is 9.52. The van der Waals surface area contributed by atoms with Gasteiger partial charge in [0.1, 0.15) is 5.82 Å². The second-order valence-electron chi connectivity index (χ2n) is 5.06. The van der Waals surface area contributed by atoms with E-state index in [0.717, 1.165) is 25.1 Å². The molecule has 0 bridgehead atoms. The van der Waals surface area contributed by atoms with Gasteiger partial charge in [-0.1, -0.05) is 12.1 Å². The lowest BCUT2D eigenvalue weighted by Crippen LogP contribution is -2.35. The van der Waals surface area contributed by atoms with Crippen LogP contribution in [0.15, 0.2) is 18.2 Å². The Morgan fingerprint density at radius 2 is 2.15 bits per heavy atom. The molecule has 0 radical (unpaired) electrons. The van der Waals surface area contributed by atoms with E-state index in [4.69, 9.17) is 0 Å². The molecule has 0 saturated carbocycles. The zero-order chi connectivity index (χ0) is 15.0. The van der Waals surface area contributed by atoms with E-state index in [9.17, 15) is 9.18 Å². The van der Waals surface area contributed by atoms with E-state index in [1.807, 2.05) is 19.0 Å². The molecule has 0 aliphatic heterocycles. The van der Waals surface area contributed by atoms with Crippen LogP contribution in [0.25, 0.3) is 0 Å². The van der Waals surface area contributed by atoms with Gasteiger partial charge in [-0.15, -0.1) is 0 Å². The summed E-state index contributed by atoms with van der Waals surface area (Å²) in [5.41, 5.74) is 1.51. The predicted octanol–water partition coefficient (Wildman–Crippen LogP) is 1.29. The van der Waals surface area contributed by atoms with Crippen molar-refractivity contribution in [3.05, 3.63) is 35.1 Å². The minimum Gasteiger partial charge on any atom is -0.351 e. The lowest BCUT2D eigenvalue weighted by molar-refractivity contribution is -0.122. The van der Waals surface area contributed by atoms with Gasteiger partial charge in [0, 0.05) is 6.54 Å². The van der Waals surface area contributed by atoms with Crippen molar-refractivity contribution in [2.24, 2.45) is 0 Å². The largest absolute Gasteiger partial charge is 0.351 e. The molecule has 112 valence electrons. The van der Waals surface area contributed by atoms with Gasteiger partial charge in [-0.2, -0.15) is 0 Å². The molecule has 20 heavy (non-hydrogen) atoms. The van der Waals surface area contributed by atoms with E-state index in [1.165, 1.54) is 6.07 Å². The Labute approximate surface area is 120 Å². The van der Waals surface area contributed by atoms with Crippen LogP contribution in [0.5, 0.6) is 0 Å². The molecule has 0 saturated heterocycles. The number of carbonyl (C=O) groups is 1. The van der Waals surface area contributed by atoms with E-state index >= 15 is 0 Å². The van der Waals surface area contributed by atoms with Crippen LogP contribution in [0.4, 0.5) is 4.39 Å². The monoisotopic (exact) mass is 281 g/mol. The van der Waals surface area contributed by atoms with Gasteiger partial charge >= 0.3 is 0 Å². The van der Waals surface area contributed by atoms with Crippen molar-refractivity contribution >= 4 is 5.91 Å². The summed E-state index contributed by atoms with van der Waals surface area (Å²) in [6.07, 6.45) is 1.01. The number of amides is 1. The van der Waals surface area contributed by atoms with Gasteiger partial charge in [-0.05, 0) is 57.7 Å². The maximum absolute atomic E-state index is 13.1. The van der Waals surface area contributed by atoms with Crippen LogP contribution in [0.2, 0.25) is 0 Å². The van der Waals surface area contributed by atoms with Crippen LogP contribution < -0.4 is 10.6 Å². The number of rotatable bonds is 8. The third-order valence-electron chi connectivity index (χ3n) is 3.09. The number of carbonyl (C=O) groups excluding carboxylic acids is 1. The summed E-state index contributed by atoms with van der Waals surface area (Å²) in [6, 6.07) is 4.88. The first-order valence-corrected chi connectivity index (χ1v) is 6.88. The number of hydrogen-bond donors (Lipinski definition) is 2. The highest BCUT2D eigenvalue weighted by molar-refractivity contribution is 5.77. The van der Waals surface area contributed by atoms with Crippen molar-refractivity contribution in [2.75, 3.05) is 33.7 Å². The van der Waals surface area contributed by atoms with E-state index in [-0.39, 0.29) is 11.7 Å². The molecule has 4 nitrogen and oxygen atoms in total. The second kappa shape index (κ2) is 8.66. The smallest absolute Gasteiger partial charge is 0.234 e. The number of likely N-dealkylation sites (N-methyl/N-ethyl adjacent to an activating group) is 1. The standard InChI is InChI=1S/C15H24FN3O/c1-12-9-13(5-6-14(12)16)10-18-15(20)11-19(3)8-4-7-17-2/h5-6,9,17H,4,7-8,10-11H2,1-3H3,(H,18,20). The van der Waals surface area contributed by atoms with Crippen molar-refractivity contribution in [1.29, 1.82) is 0 Å².